The third-order valence-electron chi connectivity index (χ3n) is 5.09. The number of carbonyl (C=O) groups is 1. The minimum absolute atomic E-state index is 0.0907. The quantitative estimate of drug-likeness (QED) is 0.525. The van der Waals surface area contributed by atoms with Crippen LogP contribution in [-0.4, -0.2) is 40.8 Å². The molecule has 0 aliphatic rings. The molecule has 0 fully saturated rings. The lowest BCUT2D eigenvalue weighted by Crippen LogP contribution is -2.40. The molecule has 5 nitrogen and oxygen atoms in total. The van der Waals surface area contributed by atoms with Gasteiger partial charge in [0.2, 0.25) is 5.91 Å². The van der Waals surface area contributed by atoms with Gasteiger partial charge in [-0.15, -0.1) is 0 Å². The number of amides is 1. The number of pyridine rings is 1. The maximum Gasteiger partial charge on any atom is 0.237 e. The van der Waals surface area contributed by atoms with Crippen molar-refractivity contribution >= 4 is 5.91 Å². The van der Waals surface area contributed by atoms with Gasteiger partial charge in [0.25, 0.3) is 0 Å². The lowest BCUT2D eigenvalue weighted by molar-refractivity contribution is -0.132. The topological polar surface area (TPSA) is 60.2 Å². The van der Waals surface area contributed by atoms with Crippen molar-refractivity contribution < 1.29 is 9.18 Å². The second kappa shape index (κ2) is 11.0. The Morgan fingerprint density at radius 1 is 1.03 bits per heavy atom. The van der Waals surface area contributed by atoms with Crippen LogP contribution in [0.4, 0.5) is 4.39 Å². The van der Waals surface area contributed by atoms with Gasteiger partial charge in [-0.25, -0.2) is 4.39 Å². The maximum atomic E-state index is 13.5. The van der Waals surface area contributed by atoms with Gasteiger partial charge >= 0.3 is 0 Å². The first-order valence-corrected chi connectivity index (χ1v) is 10.1. The minimum Gasteiger partial charge on any atom is -0.334 e. The second-order valence-corrected chi connectivity index (χ2v) is 7.31. The van der Waals surface area contributed by atoms with E-state index in [9.17, 15) is 9.18 Å². The van der Waals surface area contributed by atoms with Gasteiger partial charge in [0.15, 0.2) is 0 Å². The molecule has 3 aromatic rings. The molecule has 0 aliphatic heterocycles. The van der Waals surface area contributed by atoms with Crippen LogP contribution in [0.2, 0.25) is 0 Å². The maximum absolute atomic E-state index is 13.5. The summed E-state index contributed by atoms with van der Waals surface area (Å²) in [6, 6.07) is 23.3. The summed E-state index contributed by atoms with van der Waals surface area (Å²) in [7, 11) is 1.76. The molecule has 0 saturated carbocycles. The summed E-state index contributed by atoms with van der Waals surface area (Å²) in [6.07, 6.45) is 2.04. The molecule has 31 heavy (non-hydrogen) atoms. The molecule has 0 bridgehead atoms. The summed E-state index contributed by atoms with van der Waals surface area (Å²) in [5.41, 5.74) is 2.61. The molecular weight excluding hydrogens is 391 g/mol. The van der Waals surface area contributed by atoms with Gasteiger partial charge in [0.1, 0.15) is 5.82 Å². The molecule has 158 valence electrons. The molecule has 1 heterocycles. The lowest BCUT2D eigenvalue weighted by atomic mass is 9.97. The van der Waals surface area contributed by atoms with E-state index in [-0.39, 0.29) is 24.3 Å². The monoisotopic (exact) mass is 416 g/mol. The molecule has 0 aliphatic carbocycles. The summed E-state index contributed by atoms with van der Waals surface area (Å²) in [5, 5.41) is 9.01. The number of carbonyl (C=O) groups excluding carboxylic acids is 1. The zero-order valence-electron chi connectivity index (χ0n) is 17.5. The van der Waals surface area contributed by atoms with E-state index in [0.717, 1.165) is 16.8 Å². The molecule has 2 aromatic carbocycles. The molecule has 0 N–H and O–H groups in total. The van der Waals surface area contributed by atoms with E-state index in [1.165, 1.54) is 12.1 Å². The Morgan fingerprint density at radius 2 is 1.71 bits per heavy atom. The van der Waals surface area contributed by atoms with Crippen LogP contribution < -0.4 is 0 Å². The fraction of sp³-hybridized carbons (Fsp3) is 0.240. The smallest absolute Gasteiger partial charge is 0.237 e. The van der Waals surface area contributed by atoms with Crippen molar-refractivity contribution in [3.05, 3.63) is 102 Å². The van der Waals surface area contributed by atoms with Crippen molar-refractivity contribution in [2.45, 2.75) is 19.0 Å². The molecule has 3 rings (SSSR count). The number of rotatable bonds is 9. The predicted octanol–water partition coefficient (Wildman–Crippen LogP) is 4.18. The minimum atomic E-state index is -0.345. The van der Waals surface area contributed by atoms with Crippen molar-refractivity contribution in [1.29, 1.82) is 5.26 Å². The van der Waals surface area contributed by atoms with E-state index < -0.39 is 0 Å². The summed E-state index contributed by atoms with van der Waals surface area (Å²) >= 11 is 0. The first kappa shape index (κ1) is 22.1. The third kappa shape index (κ3) is 6.21. The molecule has 1 aromatic heterocycles. The Hall–Kier alpha value is -3.56. The molecule has 6 heteroatoms. The van der Waals surface area contributed by atoms with E-state index >= 15 is 0 Å². The van der Waals surface area contributed by atoms with Crippen LogP contribution in [0.15, 0.2) is 79.0 Å². The molecule has 0 saturated heterocycles. The zero-order valence-corrected chi connectivity index (χ0v) is 17.5. The molecular formula is C25H25FN4O. The van der Waals surface area contributed by atoms with Gasteiger partial charge in [0.05, 0.1) is 24.3 Å². The van der Waals surface area contributed by atoms with Crippen LogP contribution in [-0.2, 0) is 11.3 Å². The predicted molar refractivity (Wildman–Crippen MR) is 117 cm³/mol. The van der Waals surface area contributed by atoms with Crippen LogP contribution in [0.25, 0.3) is 0 Å². The number of aromatic nitrogens is 1. The SMILES string of the molecule is CN(C(=O)CN(CCC#N)Cc1ccccn1)C(c1ccccc1)c1ccc(F)cc1. The highest BCUT2D eigenvalue weighted by Gasteiger charge is 2.25. The van der Waals surface area contributed by atoms with E-state index in [1.54, 1.807) is 30.3 Å². The Bertz CT molecular complexity index is 1000. The summed E-state index contributed by atoms with van der Waals surface area (Å²) in [4.78, 5) is 21.2. The highest BCUT2D eigenvalue weighted by Crippen LogP contribution is 2.28. The normalized spacial score (nSPS) is 11.7. The molecule has 0 radical (unpaired) electrons. The van der Waals surface area contributed by atoms with Crippen LogP contribution in [0.1, 0.15) is 29.3 Å². The second-order valence-electron chi connectivity index (χ2n) is 7.31. The first-order chi connectivity index (χ1) is 15.1. The number of hydrogen-bond donors (Lipinski definition) is 0. The average Bonchev–Trinajstić information content (AvgIpc) is 2.80. The van der Waals surface area contributed by atoms with Crippen LogP contribution >= 0.6 is 0 Å². The van der Waals surface area contributed by atoms with Crippen LogP contribution in [0, 0.1) is 17.1 Å². The fourth-order valence-corrected chi connectivity index (χ4v) is 3.51. The van der Waals surface area contributed by atoms with Gasteiger partial charge in [-0.1, -0.05) is 48.5 Å². The van der Waals surface area contributed by atoms with Crippen LogP contribution in [0.5, 0.6) is 0 Å². The summed E-state index contributed by atoms with van der Waals surface area (Å²) in [6.45, 7) is 1.10. The highest BCUT2D eigenvalue weighted by molar-refractivity contribution is 5.79. The molecule has 0 spiro atoms. The van der Waals surface area contributed by atoms with Gasteiger partial charge in [-0.05, 0) is 35.4 Å². The van der Waals surface area contributed by atoms with Gasteiger partial charge in [0, 0.05) is 32.8 Å². The highest BCUT2D eigenvalue weighted by atomic mass is 19.1. The number of halogens is 1. The Morgan fingerprint density at radius 3 is 2.35 bits per heavy atom. The van der Waals surface area contributed by atoms with Crippen molar-refractivity contribution in [2.75, 3.05) is 20.1 Å². The lowest BCUT2D eigenvalue weighted by Gasteiger charge is -2.31. The van der Waals surface area contributed by atoms with Crippen molar-refractivity contribution in [1.82, 2.24) is 14.8 Å². The zero-order chi connectivity index (χ0) is 22.1. The molecule has 1 unspecified atom stereocenters. The van der Waals surface area contributed by atoms with Crippen molar-refractivity contribution in [3.63, 3.8) is 0 Å². The number of benzene rings is 2. The van der Waals surface area contributed by atoms with E-state index in [1.807, 2.05) is 53.4 Å². The number of hydrogen-bond acceptors (Lipinski definition) is 4. The van der Waals surface area contributed by atoms with E-state index in [2.05, 4.69) is 11.1 Å². The fourth-order valence-electron chi connectivity index (χ4n) is 3.51. The van der Waals surface area contributed by atoms with Crippen molar-refractivity contribution in [2.24, 2.45) is 0 Å². The van der Waals surface area contributed by atoms with E-state index in [0.29, 0.717) is 19.5 Å². The standard InChI is InChI=1S/C25H25FN4O/c1-29(24(31)19-30(17-7-15-27)18-23-10-5-6-16-28-23)25(20-8-3-2-4-9-20)21-11-13-22(26)14-12-21/h2-6,8-14,16,25H,7,17-19H2,1H3. The summed E-state index contributed by atoms with van der Waals surface area (Å²) < 4.78 is 13.5. The number of nitrogens with zero attached hydrogens (tertiary/aromatic N) is 4. The largest absolute Gasteiger partial charge is 0.334 e. The third-order valence-corrected chi connectivity index (χ3v) is 5.09. The number of nitriles is 1. The van der Waals surface area contributed by atoms with Gasteiger partial charge in [-0.3, -0.25) is 14.7 Å². The Labute approximate surface area is 182 Å². The molecule has 1 atom stereocenters. The van der Waals surface area contributed by atoms with Crippen molar-refractivity contribution in [3.8, 4) is 6.07 Å². The van der Waals surface area contributed by atoms with Crippen LogP contribution in [0.3, 0.4) is 0 Å². The van der Waals surface area contributed by atoms with Gasteiger partial charge in [-0.2, -0.15) is 5.26 Å². The molecule has 1 amide bonds. The van der Waals surface area contributed by atoms with E-state index in [4.69, 9.17) is 5.26 Å². The average molecular weight is 417 g/mol. The number of likely N-dealkylation sites (N-methyl/N-ethyl adjacent to an activating group) is 1. The Kier molecular flexibility index (Phi) is 7.85. The Balaban J connectivity index is 1.82. The van der Waals surface area contributed by atoms with Gasteiger partial charge < -0.3 is 4.90 Å². The summed E-state index contributed by atoms with van der Waals surface area (Å²) in [5.74, 6) is -0.408. The first-order valence-electron chi connectivity index (χ1n) is 10.1.